The number of thioether (sulfide) groups is 2. The number of benzene rings is 1. The van der Waals surface area contributed by atoms with E-state index in [-0.39, 0.29) is 41.0 Å². The van der Waals surface area contributed by atoms with Crippen LogP contribution in [0.3, 0.4) is 0 Å². The van der Waals surface area contributed by atoms with E-state index in [1.807, 2.05) is 0 Å². The molecular formula is C50H31N6NaO5S2. The summed E-state index contributed by atoms with van der Waals surface area (Å²) in [6.45, 7) is 6.90. The van der Waals surface area contributed by atoms with E-state index >= 15 is 0 Å². The topological polar surface area (TPSA) is 153 Å². The van der Waals surface area contributed by atoms with Crippen LogP contribution in [-0.2, 0) is 21.4 Å². The molecule has 1 aromatic carbocycles. The third-order valence-corrected chi connectivity index (χ3v) is 9.00. The molecule has 14 heteroatoms. The Morgan fingerprint density at radius 2 is 1.23 bits per heavy atom. The fourth-order valence-electron chi connectivity index (χ4n) is 4.06. The Balaban J connectivity index is 0.00000101. The standard InChI is InChI=1S/C18H18N6O5S2.C17H4.C8H6.C7H4.Na/c1-23-18(20-21-22-23)31-8-10-7-30-16-11(15(27)24(16)12(10)17(28)29)19-14(26)13(25)9-5-3-2-4-6-9;1-3-5-7-9-11-13-15-17-16-14-12-10-8-6-4-2;1-3-5-7-8-6-4-2;1-3-5-7-6-4-2;/h2-6,11,13,16,25H,7-8H2,1H3,(H,19,26)(H,28,29);1H,2H3;1-2H3;1H,2H3;/q;;;;+1/p-1/t11?,13-,16?;;;;/m1..../s1. The van der Waals surface area contributed by atoms with Crippen molar-refractivity contribution in [2.24, 2.45) is 7.05 Å². The summed E-state index contributed by atoms with van der Waals surface area (Å²) in [5, 5.41) is 35.6. The molecule has 0 radical (unpaired) electrons. The van der Waals surface area contributed by atoms with E-state index in [1.165, 1.54) is 28.2 Å². The van der Waals surface area contributed by atoms with E-state index in [9.17, 15) is 24.6 Å². The number of tetrazole rings is 1. The molecular weight excluding hydrogens is 852 g/mol. The minimum atomic E-state index is -1.46. The minimum absolute atomic E-state index is 0. The summed E-state index contributed by atoms with van der Waals surface area (Å²) in [4.78, 5) is 38.0. The van der Waals surface area contributed by atoms with Gasteiger partial charge in [-0.25, -0.2) is 4.68 Å². The Bertz CT molecular complexity index is 2920. The number of aliphatic hydroxyl groups excluding tert-OH is 1. The number of nitrogens with zero attached hydrogens (tertiary/aromatic N) is 5. The number of aliphatic carboxylic acids is 1. The first-order valence-electron chi connectivity index (χ1n) is 17.5. The monoisotopic (exact) mass is 882 g/mol. The maximum Gasteiger partial charge on any atom is 1.00 e. The zero-order chi connectivity index (χ0) is 46.5. The zero-order valence-corrected chi connectivity index (χ0v) is 39.0. The maximum atomic E-state index is 12.7. The molecule has 64 heavy (non-hydrogen) atoms. The van der Waals surface area contributed by atoms with Gasteiger partial charge in [0.25, 0.3) is 11.8 Å². The zero-order valence-electron chi connectivity index (χ0n) is 35.3. The number of aromatic nitrogens is 4. The molecule has 2 N–H and O–H groups in total. The number of β-lactam (4-membered cyclic amide) rings is 1. The Labute approximate surface area is 406 Å². The number of terminal acetylenes is 2. The number of hydrogen-bond donors (Lipinski definition) is 2. The average Bonchev–Trinajstić information content (AvgIpc) is 3.72. The summed E-state index contributed by atoms with van der Waals surface area (Å²) in [7, 11) is 1.66. The predicted molar refractivity (Wildman–Crippen MR) is 242 cm³/mol. The number of aryl methyl sites for hydroxylation is 1. The van der Waals surface area contributed by atoms with Crippen LogP contribution in [-0.4, -0.2) is 70.9 Å². The van der Waals surface area contributed by atoms with Crippen LogP contribution >= 0.6 is 23.5 Å². The smallest absolute Gasteiger partial charge is 0.543 e. The van der Waals surface area contributed by atoms with E-state index in [4.69, 9.17) is 12.8 Å². The van der Waals surface area contributed by atoms with Crippen molar-refractivity contribution in [2.45, 2.75) is 50.4 Å². The number of nitrogens with one attached hydrogen (secondary N) is 1. The summed E-state index contributed by atoms with van der Waals surface area (Å²) in [5.41, 5.74) is 0.718. The Morgan fingerprint density at radius 1 is 0.797 bits per heavy atom. The second-order valence-electron chi connectivity index (χ2n) is 10.6. The Hall–Kier alpha value is -8.06. The van der Waals surface area contributed by atoms with Gasteiger partial charge in [-0.05, 0) is 180 Å². The predicted octanol–water partition coefficient (Wildman–Crippen LogP) is -2.21. The van der Waals surface area contributed by atoms with E-state index in [1.54, 1.807) is 65.1 Å². The molecule has 304 valence electrons. The van der Waals surface area contributed by atoms with Crippen LogP contribution in [0.15, 0.2) is 46.8 Å². The summed E-state index contributed by atoms with van der Waals surface area (Å²) < 4.78 is 1.46. The third kappa shape index (κ3) is 22.0. The molecule has 3 heterocycles. The molecule has 2 aliphatic rings. The number of carboxylic acids is 1. The molecule has 1 aromatic heterocycles. The van der Waals surface area contributed by atoms with Crippen molar-refractivity contribution >= 4 is 41.3 Å². The first-order valence-corrected chi connectivity index (χ1v) is 19.5. The first kappa shape index (κ1) is 55.9. The Kier molecular flexibility index (Phi) is 31.2. The van der Waals surface area contributed by atoms with Crippen molar-refractivity contribution in [3.8, 4) is 167 Å². The van der Waals surface area contributed by atoms with E-state index in [0.29, 0.717) is 22.0 Å². The second kappa shape index (κ2) is 35.7. The van der Waals surface area contributed by atoms with Gasteiger partial charge in [-0.3, -0.25) is 14.5 Å². The minimum Gasteiger partial charge on any atom is -0.543 e. The largest absolute Gasteiger partial charge is 1.00 e. The van der Waals surface area contributed by atoms with Crippen LogP contribution in [0.2, 0.25) is 0 Å². The number of hydrogen-bond acceptors (Lipinski definition) is 10. The summed E-state index contributed by atoms with van der Waals surface area (Å²) in [6.07, 6.45) is 8.23. The van der Waals surface area contributed by atoms with Crippen LogP contribution < -0.4 is 40.0 Å². The van der Waals surface area contributed by atoms with Gasteiger partial charge in [0.05, 0.1) is 11.7 Å². The van der Waals surface area contributed by atoms with Gasteiger partial charge in [-0.1, -0.05) is 65.8 Å². The summed E-state index contributed by atoms with van der Waals surface area (Å²) in [6, 6.07) is 7.40. The molecule has 2 amide bonds. The van der Waals surface area contributed by atoms with Gasteiger partial charge in [0, 0.05) is 18.6 Å². The second-order valence-corrected chi connectivity index (χ2v) is 12.7. The molecule has 1 fully saturated rings. The van der Waals surface area contributed by atoms with Gasteiger partial charge in [-0.15, -0.1) is 29.7 Å². The molecule has 11 nitrogen and oxygen atoms in total. The van der Waals surface area contributed by atoms with E-state index in [2.05, 4.69) is 175 Å². The Morgan fingerprint density at radius 3 is 1.64 bits per heavy atom. The fourth-order valence-corrected chi connectivity index (χ4v) is 6.39. The van der Waals surface area contributed by atoms with Crippen molar-refractivity contribution in [1.82, 2.24) is 30.4 Å². The fraction of sp³-hybridized carbons (Fsp3) is 0.200. The first-order chi connectivity index (χ1) is 30.6. The van der Waals surface area contributed by atoms with Gasteiger partial charge in [0.2, 0.25) is 5.16 Å². The summed E-state index contributed by atoms with van der Waals surface area (Å²) >= 11 is 2.58. The van der Waals surface area contributed by atoms with Crippen LogP contribution in [0.1, 0.15) is 39.4 Å². The van der Waals surface area contributed by atoms with Crippen LogP contribution in [0.4, 0.5) is 0 Å². The number of rotatable bonds is 7. The number of fused-ring (bicyclic) bond motifs is 1. The number of aliphatic hydroxyl groups is 1. The van der Waals surface area contributed by atoms with Gasteiger partial charge in [0.1, 0.15) is 11.4 Å². The molecule has 1 saturated heterocycles. The molecule has 2 aliphatic heterocycles. The number of carboxylic acid groups (broad SMARTS) is 1. The van der Waals surface area contributed by atoms with Crippen molar-refractivity contribution in [3.05, 3.63) is 47.2 Å². The van der Waals surface area contributed by atoms with Crippen molar-refractivity contribution in [2.75, 3.05) is 11.5 Å². The van der Waals surface area contributed by atoms with Crippen molar-refractivity contribution in [1.29, 1.82) is 0 Å². The van der Waals surface area contributed by atoms with Crippen LogP contribution in [0, 0.1) is 167 Å². The van der Waals surface area contributed by atoms with Crippen molar-refractivity contribution < 1.29 is 54.2 Å². The molecule has 0 spiro atoms. The van der Waals surface area contributed by atoms with Crippen LogP contribution in [0.25, 0.3) is 0 Å². The molecule has 2 aromatic rings. The van der Waals surface area contributed by atoms with Gasteiger partial charge >= 0.3 is 29.6 Å². The molecule has 0 saturated carbocycles. The molecule has 4 rings (SSSR count). The number of carbonyl (C=O) groups is 3. The van der Waals surface area contributed by atoms with Gasteiger partial charge in [-0.2, -0.15) is 0 Å². The number of carbonyl (C=O) groups excluding carboxylic acids is 3. The maximum absolute atomic E-state index is 12.7. The molecule has 3 atom stereocenters. The van der Waals surface area contributed by atoms with Crippen molar-refractivity contribution in [3.63, 3.8) is 0 Å². The quantitative estimate of drug-likeness (QED) is 0.136. The molecule has 2 unspecified atom stereocenters. The van der Waals surface area contributed by atoms with Gasteiger partial charge < -0.3 is 20.3 Å². The average molecular weight is 883 g/mol. The summed E-state index contributed by atoms with van der Waals surface area (Å²) in [5.74, 6) is 62.3. The van der Waals surface area contributed by atoms with E-state index in [0.717, 1.165) is 4.90 Å². The molecule has 0 bridgehead atoms. The normalized spacial score (nSPS) is 12.2. The molecule has 0 aliphatic carbocycles. The van der Waals surface area contributed by atoms with E-state index < -0.39 is 35.3 Å². The van der Waals surface area contributed by atoms with Crippen LogP contribution in [0.5, 0.6) is 0 Å². The number of amides is 2. The SMILES string of the molecule is C#CC#CC#CC.C#CC#CC#CC#CC#CC#CC#CC#CC.CC#CC#CC#CC.Cn1nnnc1SCC1=C(C(=O)[O-])N2C(=O)C(NC(=O)[C@H](O)c3ccccc3)C2SC1.[Na+]. The van der Waals surface area contributed by atoms with Gasteiger partial charge in [0.15, 0.2) is 6.10 Å². The third-order valence-electron chi connectivity index (χ3n) is 6.57.